The van der Waals surface area contributed by atoms with Gasteiger partial charge in [0.25, 0.3) is 0 Å². The van der Waals surface area contributed by atoms with Gasteiger partial charge in [-0.05, 0) is 25.5 Å². The van der Waals surface area contributed by atoms with Gasteiger partial charge in [0.2, 0.25) is 0 Å². The number of ether oxygens (including phenoxy) is 1. The highest BCUT2D eigenvalue weighted by Gasteiger charge is 2.09. The van der Waals surface area contributed by atoms with Crippen LogP contribution in [0.5, 0.6) is 5.75 Å². The summed E-state index contributed by atoms with van der Waals surface area (Å²) in [6.45, 7) is 8.25. The quantitative estimate of drug-likeness (QED) is 0.780. The van der Waals surface area contributed by atoms with Gasteiger partial charge in [-0.15, -0.1) is 0 Å². The van der Waals surface area contributed by atoms with Crippen LogP contribution in [-0.2, 0) is 6.54 Å². The van der Waals surface area contributed by atoms with E-state index in [0.717, 1.165) is 18.9 Å². The van der Waals surface area contributed by atoms with Gasteiger partial charge in [-0.25, -0.2) is 0 Å². The standard InChI is InChI=1S/C15H25NO/c1-5-13(6-2)11-17-15-12(3)8-7-9-14(15)10-16-4/h7-9,13,16H,5-6,10-11H2,1-4H3. The number of benzene rings is 1. The average Bonchev–Trinajstić information content (AvgIpc) is 2.33. The lowest BCUT2D eigenvalue weighted by atomic mass is 10.0. The van der Waals surface area contributed by atoms with Gasteiger partial charge in [-0.1, -0.05) is 44.9 Å². The van der Waals surface area contributed by atoms with E-state index in [1.165, 1.54) is 24.0 Å². The molecule has 0 aromatic heterocycles. The molecule has 0 heterocycles. The molecule has 1 rings (SSSR count). The highest BCUT2D eigenvalue weighted by molar-refractivity contribution is 5.40. The molecule has 0 spiro atoms. The van der Waals surface area contributed by atoms with Gasteiger partial charge in [0.1, 0.15) is 5.75 Å². The molecule has 0 saturated heterocycles. The third-order valence-corrected chi connectivity index (χ3v) is 3.28. The van der Waals surface area contributed by atoms with E-state index in [2.05, 4.69) is 44.3 Å². The highest BCUT2D eigenvalue weighted by Crippen LogP contribution is 2.24. The Balaban J connectivity index is 2.74. The van der Waals surface area contributed by atoms with Gasteiger partial charge in [0, 0.05) is 12.1 Å². The third-order valence-electron chi connectivity index (χ3n) is 3.28. The predicted octanol–water partition coefficient (Wildman–Crippen LogP) is 3.53. The molecule has 0 fully saturated rings. The number of aryl methyl sites for hydroxylation is 1. The molecule has 0 aliphatic heterocycles. The van der Waals surface area contributed by atoms with Crippen LogP contribution in [0.15, 0.2) is 18.2 Å². The molecule has 1 N–H and O–H groups in total. The van der Waals surface area contributed by atoms with E-state index >= 15 is 0 Å². The van der Waals surface area contributed by atoms with Crippen LogP contribution >= 0.6 is 0 Å². The van der Waals surface area contributed by atoms with E-state index < -0.39 is 0 Å². The molecule has 0 aliphatic carbocycles. The van der Waals surface area contributed by atoms with Crippen LogP contribution in [0.2, 0.25) is 0 Å². The maximum atomic E-state index is 6.02. The van der Waals surface area contributed by atoms with Crippen molar-refractivity contribution in [1.82, 2.24) is 5.32 Å². The topological polar surface area (TPSA) is 21.3 Å². The van der Waals surface area contributed by atoms with Crippen molar-refractivity contribution in [3.63, 3.8) is 0 Å². The number of hydrogen-bond acceptors (Lipinski definition) is 2. The maximum absolute atomic E-state index is 6.02. The number of para-hydroxylation sites is 1. The predicted molar refractivity (Wildman–Crippen MR) is 73.5 cm³/mol. The minimum atomic E-state index is 0.664. The Kier molecular flexibility index (Phi) is 6.06. The van der Waals surface area contributed by atoms with Crippen LogP contribution < -0.4 is 10.1 Å². The molecule has 0 bridgehead atoms. The van der Waals surface area contributed by atoms with Crippen molar-refractivity contribution < 1.29 is 4.74 Å². The number of nitrogens with one attached hydrogen (secondary N) is 1. The lowest BCUT2D eigenvalue weighted by molar-refractivity contribution is 0.237. The molecule has 2 nitrogen and oxygen atoms in total. The summed E-state index contributed by atoms with van der Waals surface area (Å²) >= 11 is 0. The summed E-state index contributed by atoms with van der Waals surface area (Å²) in [5.74, 6) is 1.73. The lowest BCUT2D eigenvalue weighted by Crippen LogP contribution is -2.13. The number of rotatable bonds is 7. The van der Waals surface area contributed by atoms with Crippen molar-refractivity contribution >= 4 is 0 Å². The van der Waals surface area contributed by atoms with Crippen LogP contribution in [0.1, 0.15) is 37.8 Å². The summed E-state index contributed by atoms with van der Waals surface area (Å²) in [4.78, 5) is 0. The summed E-state index contributed by atoms with van der Waals surface area (Å²) < 4.78 is 6.02. The van der Waals surface area contributed by atoms with Crippen LogP contribution in [0.3, 0.4) is 0 Å². The Hall–Kier alpha value is -1.02. The van der Waals surface area contributed by atoms with Crippen molar-refractivity contribution in [2.24, 2.45) is 5.92 Å². The molecule has 1 aromatic carbocycles. The van der Waals surface area contributed by atoms with E-state index in [1.54, 1.807) is 0 Å². The molecule has 0 atom stereocenters. The van der Waals surface area contributed by atoms with Gasteiger partial charge >= 0.3 is 0 Å². The molecule has 0 saturated carbocycles. The molecule has 2 heteroatoms. The Bertz CT molecular complexity index is 332. The molecule has 0 radical (unpaired) electrons. The minimum absolute atomic E-state index is 0.664. The zero-order valence-corrected chi connectivity index (χ0v) is 11.5. The number of hydrogen-bond donors (Lipinski definition) is 1. The van der Waals surface area contributed by atoms with Crippen molar-refractivity contribution in [2.75, 3.05) is 13.7 Å². The zero-order valence-electron chi connectivity index (χ0n) is 11.5. The van der Waals surface area contributed by atoms with E-state index in [0.29, 0.717) is 5.92 Å². The molecule has 0 unspecified atom stereocenters. The first-order chi connectivity index (χ1) is 8.22. The summed E-state index contributed by atoms with van der Waals surface area (Å²) in [6, 6.07) is 6.33. The fourth-order valence-electron chi connectivity index (χ4n) is 1.97. The molecule has 1 aromatic rings. The van der Waals surface area contributed by atoms with Gasteiger partial charge in [-0.2, -0.15) is 0 Å². The Morgan fingerprint density at radius 2 is 1.94 bits per heavy atom. The minimum Gasteiger partial charge on any atom is -0.493 e. The fraction of sp³-hybridized carbons (Fsp3) is 0.600. The van der Waals surface area contributed by atoms with Crippen molar-refractivity contribution in [1.29, 1.82) is 0 Å². The maximum Gasteiger partial charge on any atom is 0.126 e. The van der Waals surface area contributed by atoms with Gasteiger partial charge in [0.15, 0.2) is 0 Å². The van der Waals surface area contributed by atoms with Crippen molar-refractivity contribution in [3.8, 4) is 5.75 Å². The summed E-state index contributed by atoms with van der Waals surface area (Å²) in [5.41, 5.74) is 2.47. The first-order valence-electron chi connectivity index (χ1n) is 6.58. The monoisotopic (exact) mass is 235 g/mol. The Morgan fingerprint density at radius 3 is 2.53 bits per heavy atom. The van der Waals surface area contributed by atoms with Crippen LogP contribution in [-0.4, -0.2) is 13.7 Å². The highest BCUT2D eigenvalue weighted by atomic mass is 16.5. The van der Waals surface area contributed by atoms with Gasteiger partial charge in [-0.3, -0.25) is 0 Å². The Labute approximate surface area is 105 Å². The van der Waals surface area contributed by atoms with Gasteiger partial charge < -0.3 is 10.1 Å². The molecule has 17 heavy (non-hydrogen) atoms. The van der Waals surface area contributed by atoms with Crippen molar-refractivity contribution in [2.45, 2.75) is 40.2 Å². The first kappa shape index (κ1) is 14.0. The fourth-order valence-corrected chi connectivity index (χ4v) is 1.97. The zero-order chi connectivity index (χ0) is 12.7. The van der Waals surface area contributed by atoms with Gasteiger partial charge in [0.05, 0.1) is 6.61 Å². The van der Waals surface area contributed by atoms with Crippen LogP contribution in [0.25, 0.3) is 0 Å². The van der Waals surface area contributed by atoms with E-state index in [-0.39, 0.29) is 0 Å². The molecule has 0 aliphatic rings. The first-order valence-corrected chi connectivity index (χ1v) is 6.58. The second-order valence-electron chi connectivity index (χ2n) is 4.59. The van der Waals surface area contributed by atoms with E-state index in [9.17, 15) is 0 Å². The second kappa shape index (κ2) is 7.33. The molecule has 96 valence electrons. The van der Waals surface area contributed by atoms with Crippen LogP contribution in [0.4, 0.5) is 0 Å². The summed E-state index contributed by atoms with van der Waals surface area (Å²) in [6.07, 6.45) is 2.37. The average molecular weight is 235 g/mol. The lowest BCUT2D eigenvalue weighted by Gasteiger charge is -2.18. The second-order valence-corrected chi connectivity index (χ2v) is 4.59. The van der Waals surface area contributed by atoms with E-state index in [1.807, 2.05) is 7.05 Å². The summed E-state index contributed by atoms with van der Waals surface area (Å²) in [5, 5.41) is 3.19. The summed E-state index contributed by atoms with van der Waals surface area (Å²) in [7, 11) is 1.97. The smallest absolute Gasteiger partial charge is 0.126 e. The SMILES string of the molecule is CCC(CC)COc1c(C)cccc1CNC. The van der Waals surface area contributed by atoms with Crippen molar-refractivity contribution in [3.05, 3.63) is 29.3 Å². The Morgan fingerprint density at radius 1 is 1.24 bits per heavy atom. The normalized spacial score (nSPS) is 10.9. The molecular weight excluding hydrogens is 210 g/mol. The van der Waals surface area contributed by atoms with Crippen LogP contribution in [0, 0.1) is 12.8 Å². The largest absolute Gasteiger partial charge is 0.493 e. The third kappa shape index (κ3) is 4.04. The van der Waals surface area contributed by atoms with E-state index in [4.69, 9.17) is 4.74 Å². The molecule has 0 amide bonds. The molecular formula is C15H25NO.